The van der Waals surface area contributed by atoms with Gasteiger partial charge in [-0.15, -0.1) is 0 Å². The van der Waals surface area contributed by atoms with E-state index in [0.717, 1.165) is 36.4 Å². The number of hydrogen-bond donors (Lipinski definition) is 1. The summed E-state index contributed by atoms with van der Waals surface area (Å²) in [5.41, 5.74) is 2.52. The van der Waals surface area contributed by atoms with Crippen LogP contribution < -0.4 is 10.1 Å². The normalized spacial score (nSPS) is 16.1. The van der Waals surface area contributed by atoms with E-state index in [1.807, 2.05) is 48.7 Å². The molecule has 6 nitrogen and oxygen atoms in total. The van der Waals surface area contributed by atoms with Crippen molar-refractivity contribution in [1.29, 1.82) is 0 Å². The van der Waals surface area contributed by atoms with Gasteiger partial charge in [-0.2, -0.15) is 5.10 Å². The summed E-state index contributed by atoms with van der Waals surface area (Å²) in [7, 11) is 0. The second-order valence-corrected chi connectivity index (χ2v) is 6.78. The molecule has 1 saturated heterocycles. The maximum atomic E-state index is 12.4. The molecule has 0 spiro atoms. The molecule has 1 aliphatic rings. The summed E-state index contributed by atoms with van der Waals surface area (Å²) in [6.07, 6.45) is 5.99. The highest BCUT2D eigenvalue weighted by atomic mass is 16.5. The third kappa shape index (κ3) is 4.58. The molecule has 4 rings (SSSR count). The topological polar surface area (TPSA) is 65.4 Å². The molecule has 1 amide bonds. The summed E-state index contributed by atoms with van der Waals surface area (Å²) in [5, 5.41) is 7.26. The summed E-state index contributed by atoms with van der Waals surface area (Å²) in [6, 6.07) is 17.0. The zero-order valence-corrected chi connectivity index (χ0v) is 15.6. The monoisotopic (exact) mass is 377 g/mol. The van der Waals surface area contributed by atoms with Crippen LogP contribution in [0.25, 0.3) is 5.69 Å². The van der Waals surface area contributed by atoms with Gasteiger partial charge in [-0.3, -0.25) is 4.79 Å². The molecule has 1 atom stereocenters. The van der Waals surface area contributed by atoms with E-state index in [1.54, 1.807) is 23.0 Å². The summed E-state index contributed by atoms with van der Waals surface area (Å²) in [4.78, 5) is 12.4. The standard InChI is InChI=1S/C22H23N3O3/c26-22(18-8-10-20(11-9-18)28-16-21-7-4-12-27-21)23-13-17-14-24-25(15-17)19-5-2-1-3-6-19/h1-3,5-6,8-11,14-15,21H,4,7,12-13,16H2,(H,23,26). The van der Waals surface area contributed by atoms with Crippen LogP contribution in [0, 0.1) is 0 Å². The summed E-state index contributed by atoms with van der Waals surface area (Å²) in [5.74, 6) is 0.620. The Morgan fingerprint density at radius 2 is 2.00 bits per heavy atom. The van der Waals surface area contributed by atoms with Gasteiger partial charge in [0.15, 0.2) is 0 Å². The van der Waals surface area contributed by atoms with Crippen molar-refractivity contribution in [3.05, 3.63) is 78.1 Å². The number of hydrogen-bond acceptors (Lipinski definition) is 4. The SMILES string of the molecule is O=C(NCc1cnn(-c2ccccc2)c1)c1ccc(OCC2CCCO2)cc1. The van der Waals surface area contributed by atoms with Gasteiger partial charge in [0.05, 0.1) is 18.0 Å². The Labute approximate surface area is 164 Å². The van der Waals surface area contributed by atoms with Crippen molar-refractivity contribution in [2.75, 3.05) is 13.2 Å². The minimum Gasteiger partial charge on any atom is -0.491 e. The first kappa shape index (κ1) is 18.3. The Bertz CT molecular complexity index is 900. The largest absolute Gasteiger partial charge is 0.491 e. The Morgan fingerprint density at radius 3 is 2.75 bits per heavy atom. The van der Waals surface area contributed by atoms with E-state index in [0.29, 0.717) is 18.7 Å². The maximum absolute atomic E-state index is 12.4. The van der Waals surface area contributed by atoms with E-state index in [2.05, 4.69) is 10.4 Å². The molecule has 0 aliphatic carbocycles. The van der Waals surface area contributed by atoms with Gasteiger partial charge in [-0.25, -0.2) is 4.68 Å². The molecular formula is C22H23N3O3. The van der Waals surface area contributed by atoms with Crippen LogP contribution in [0.3, 0.4) is 0 Å². The minimum atomic E-state index is -0.127. The lowest BCUT2D eigenvalue weighted by molar-refractivity contribution is 0.0679. The number of rotatable bonds is 7. The molecule has 1 unspecified atom stereocenters. The van der Waals surface area contributed by atoms with Crippen LogP contribution in [-0.4, -0.2) is 35.0 Å². The van der Waals surface area contributed by atoms with Gasteiger partial charge in [0, 0.05) is 30.5 Å². The molecule has 3 aromatic rings. The summed E-state index contributed by atoms with van der Waals surface area (Å²) < 4.78 is 13.1. The van der Waals surface area contributed by atoms with Crippen LogP contribution in [-0.2, 0) is 11.3 Å². The number of aromatic nitrogens is 2. The Kier molecular flexibility index (Phi) is 5.68. The lowest BCUT2D eigenvalue weighted by Gasteiger charge is -2.11. The van der Waals surface area contributed by atoms with Crippen molar-refractivity contribution in [2.45, 2.75) is 25.5 Å². The summed E-state index contributed by atoms with van der Waals surface area (Å²) >= 11 is 0. The number of carbonyl (C=O) groups excluding carboxylic acids is 1. The van der Waals surface area contributed by atoms with E-state index in [-0.39, 0.29) is 12.0 Å². The molecule has 0 saturated carbocycles. The molecule has 0 radical (unpaired) electrons. The predicted octanol–water partition coefficient (Wildman–Crippen LogP) is 3.36. The number of amides is 1. The number of benzene rings is 2. The molecule has 1 N–H and O–H groups in total. The van der Waals surface area contributed by atoms with Gasteiger partial charge in [-0.1, -0.05) is 18.2 Å². The molecule has 1 aromatic heterocycles. The minimum absolute atomic E-state index is 0.127. The Morgan fingerprint density at radius 1 is 1.18 bits per heavy atom. The van der Waals surface area contributed by atoms with E-state index >= 15 is 0 Å². The van der Waals surface area contributed by atoms with Crippen molar-refractivity contribution in [1.82, 2.24) is 15.1 Å². The fourth-order valence-electron chi connectivity index (χ4n) is 3.13. The molecule has 0 bridgehead atoms. The quantitative estimate of drug-likeness (QED) is 0.686. The molecule has 6 heteroatoms. The van der Waals surface area contributed by atoms with Gasteiger partial charge in [0.2, 0.25) is 0 Å². The molecule has 1 fully saturated rings. The van der Waals surface area contributed by atoms with Crippen molar-refractivity contribution in [3.8, 4) is 11.4 Å². The van der Waals surface area contributed by atoms with Crippen LogP contribution in [0.1, 0.15) is 28.8 Å². The third-order valence-electron chi connectivity index (χ3n) is 4.69. The molecule has 1 aliphatic heterocycles. The van der Waals surface area contributed by atoms with Crippen LogP contribution in [0.4, 0.5) is 0 Å². The van der Waals surface area contributed by atoms with Gasteiger partial charge in [0.1, 0.15) is 12.4 Å². The number of nitrogens with zero attached hydrogens (tertiary/aromatic N) is 2. The van der Waals surface area contributed by atoms with E-state index in [4.69, 9.17) is 9.47 Å². The first-order valence-corrected chi connectivity index (χ1v) is 9.49. The zero-order chi connectivity index (χ0) is 19.2. The number of carbonyl (C=O) groups is 1. The molecule has 2 aromatic carbocycles. The Hall–Kier alpha value is -3.12. The van der Waals surface area contributed by atoms with Gasteiger partial charge >= 0.3 is 0 Å². The van der Waals surface area contributed by atoms with E-state index in [1.165, 1.54) is 0 Å². The van der Waals surface area contributed by atoms with Crippen molar-refractivity contribution in [2.24, 2.45) is 0 Å². The average Bonchev–Trinajstić information content (AvgIpc) is 3.44. The number of ether oxygens (including phenoxy) is 2. The fourth-order valence-corrected chi connectivity index (χ4v) is 3.13. The zero-order valence-electron chi connectivity index (χ0n) is 15.6. The second kappa shape index (κ2) is 8.71. The van der Waals surface area contributed by atoms with Gasteiger partial charge in [-0.05, 0) is 49.2 Å². The first-order chi connectivity index (χ1) is 13.8. The van der Waals surface area contributed by atoms with Gasteiger partial charge in [0.25, 0.3) is 5.91 Å². The van der Waals surface area contributed by atoms with Crippen molar-refractivity contribution < 1.29 is 14.3 Å². The molecule has 28 heavy (non-hydrogen) atoms. The number of nitrogens with one attached hydrogen (secondary N) is 1. The lowest BCUT2D eigenvalue weighted by Crippen LogP contribution is -2.22. The number of para-hydroxylation sites is 1. The van der Waals surface area contributed by atoms with Gasteiger partial charge < -0.3 is 14.8 Å². The molecular weight excluding hydrogens is 354 g/mol. The maximum Gasteiger partial charge on any atom is 0.251 e. The average molecular weight is 377 g/mol. The third-order valence-corrected chi connectivity index (χ3v) is 4.69. The second-order valence-electron chi connectivity index (χ2n) is 6.78. The lowest BCUT2D eigenvalue weighted by atomic mass is 10.2. The highest BCUT2D eigenvalue weighted by Crippen LogP contribution is 2.17. The molecule has 144 valence electrons. The smallest absolute Gasteiger partial charge is 0.251 e. The van der Waals surface area contributed by atoms with E-state index < -0.39 is 0 Å². The highest BCUT2D eigenvalue weighted by Gasteiger charge is 2.16. The molecule has 2 heterocycles. The highest BCUT2D eigenvalue weighted by molar-refractivity contribution is 5.94. The van der Waals surface area contributed by atoms with Crippen LogP contribution >= 0.6 is 0 Å². The van der Waals surface area contributed by atoms with E-state index in [9.17, 15) is 4.79 Å². The van der Waals surface area contributed by atoms with Crippen molar-refractivity contribution in [3.63, 3.8) is 0 Å². The van der Waals surface area contributed by atoms with Crippen LogP contribution in [0.2, 0.25) is 0 Å². The first-order valence-electron chi connectivity index (χ1n) is 9.49. The van der Waals surface area contributed by atoms with Crippen molar-refractivity contribution >= 4 is 5.91 Å². The summed E-state index contributed by atoms with van der Waals surface area (Å²) in [6.45, 7) is 1.79. The fraction of sp³-hybridized carbons (Fsp3) is 0.273. The predicted molar refractivity (Wildman–Crippen MR) is 106 cm³/mol. The van der Waals surface area contributed by atoms with Crippen LogP contribution in [0.15, 0.2) is 67.0 Å². The van der Waals surface area contributed by atoms with Crippen LogP contribution in [0.5, 0.6) is 5.75 Å². The Balaban J connectivity index is 1.28.